The number of nitrogens with zero attached hydrogens (tertiary/aromatic N) is 3. The van der Waals surface area contributed by atoms with Crippen LogP contribution < -0.4 is 25.8 Å². The van der Waals surface area contributed by atoms with E-state index in [4.69, 9.17) is 20.3 Å². The highest BCUT2D eigenvalue weighted by atomic mass is 16.5. The summed E-state index contributed by atoms with van der Waals surface area (Å²) in [6.07, 6.45) is 1.46. The minimum atomic E-state index is -0.859. The molecule has 5 N–H and O–H groups in total. The number of carboxylic acids is 1. The standard InChI is InChI=1S/C23H28N6O4/c1-29(14-23(30)31)13-16-4-3-5-17(10-16)27-21-12-22(26-15-25-21)28-18-6-7-19(32-2)20(11-18)33-9-8-24/h3-7,10-12,15H,8-9,13-14,24H2,1-2H3,(H,30,31)(H2,25,26,27,28). The molecule has 0 atom stereocenters. The number of nitrogens with one attached hydrogen (secondary N) is 2. The van der Waals surface area contributed by atoms with Gasteiger partial charge in [-0.1, -0.05) is 12.1 Å². The van der Waals surface area contributed by atoms with E-state index in [1.165, 1.54) is 6.33 Å². The maximum absolute atomic E-state index is 10.9. The third-order valence-electron chi connectivity index (χ3n) is 4.54. The van der Waals surface area contributed by atoms with Crippen molar-refractivity contribution in [2.45, 2.75) is 6.54 Å². The molecule has 1 heterocycles. The van der Waals surface area contributed by atoms with Crippen LogP contribution in [0.4, 0.5) is 23.0 Å². The van der Waals surface area contributed by atoms with Crippen LogP contribution in [0.2, 0.25) is 0 Å². The molecule has 0 unspecified atom stereocenters. The molecule has 33 heavy (non-hydrogen) atoms. The third kappa shape index (κ3) is 7.34. The second-order valence-electron chi connectivity index (χ2n) is 7.31. The quantitative estimate of drug-likeness (QED) is 0.325. The van der Waals surface area contributed by atoms with Crippen LogP contribution in [-0.4, -0.2) is 59.8 Å². The lowest BCUT2D eigenvalue weighted by Gasteiger charge is -2.15. The minimum absolute atomic E-state index is 0.0249. The summed E-state index contributed by atoms with van der Waals surface area (Å²) < 4.78 is 11.0. The first-order valence-electron chi connectivity index (χ1n) is 10.3. The van der Waals surface area contributed by atoms with Gasteiger partial charge in [-0.05, 0) is 36.9 Å². The molecule has 0 saturated carbocycles. The largest absolute Gasteiger partial charge is 0.493 e. The van der Waals surface area contributed by atoms with Crippen molar-refractivity contribution in [2.24, 2.45) is 5.73 Å². The van der Waals surface area contributed by atoms with Crippen LogP contribution in [0.25, 0.3) is 0 Å². The van der Waals surface area contributed by atoms with Gasteiger partial charge in [0, 0.05) is 36.6 Å². The number of benzene rings is 2. The van der Waals surface area contributed by atoms with Crippen LogP contribution in [0.15, 0.2) is 54.9 Å². The Morgan fingerprint density at radius 1 is 1.06 bits per heavy atom. The Kier molecular flexibility index (Phi) is 8.39. The molecule has 0 saturated heterocycles. The van der Waals surface area contributed by atoms with Crippen LogP contribution >= 0.6 is 0 Å². The van der Waals surface area contributed by atoms with Crippen LogP contribution in [0.3, 0.4) is 0 Å². The fourth-order valence-electron chi connectivity index (χ4n) is 3.17. The van der Waals surface area contributed by atoms with Gasteiger partial charge in [0.05, 0.1) is 13.7 Å². The Bertz CT molecular complexity index is 1080. The lowest BCUT2D eigenvalue weighted by atomic mass is 10.2. The summed E-state index contributed by atoms with van der Waals surface area (Å²) in [7, 11) is 3.35. The van der Waals surface area contributed by atoms with Crippen molar-refractivity contribution in [1.82, 2.24) is 14.9 Å². The number of nitrogens with two attached hydrogens (primary N) is 1. The smallest absolute Gasteiger partial charge is 0.317 e. The van der Waals surface area contributed by atoms with Crippen LogP contribution in [0, 0.1) is 0 Å². The van der Waals surface area contributed by atoms with Gasteiger partial charge in [-0.2, -0.15) is 0 Å². The number of anilines is 4. The van der Waals surface area contributed by atoms with E-state index in [0.717, 1.165) is 16.9 Å². The number of carboxylic acid groups (broad SMARTS) is 1. The molecule has 0 spiro atoms. The third-order valence-corrected chi connectivity index (χ3v) is 4.54. The first kappa shape index (κ1) is 23.8. The normalized spacial score (nSPS) is 10.7. The second kappa shape index (κ2) is 11.7. The van der Waals surface area contributed by atoms with E-state index in [2.05, 4.69) is 20.6 Å². The molecule has 0 radical (unpaired) electrons. The molecule has 0 aliphatic rings. The molecule has 2 aromatic carbocycles. The minimum Gasteiger partial charge on any atom is -0.493 e. The molecule has 174 valence electrons. The number of hydrogen-bond acceptors (Lipinski definition) is 9. The molecule has 0 fully saturated rings. The van der Waals surface area contributed by atoms with Crippen molar-refractivity contribution in [3.63, 3.8) is 0 Å². The van der Waals surface area contributed by atoms with E-state index in [1.807, 2.05) is 36.4 Å². The number of aliphatic carboxylic acids is 1. The number of likely N-dealkylation sites (N-methyl/N-ethyl adjacent to an activating group) is 1. The molecular formula is C23H28N6O4. The zero-order valence-electron chi connectivity index (χ0n) is 18.6. The summed E-state index contributed by atoms with van der Waals surface area (Å²) in [4.78, 5) is 21.2. The fourth-order valence-corrected chi connectivity index (χ4v) is 3.17. The zero-order valence-corrected chi connectivity index (χ0v) is 18.6. The Hall–Kier alpha value is -3.89. The highest BCUT2D eigenvalue weighted by Crippen LogP contribution is 2.31. The number of rotatable bonds is 12. The van der Waals surface area contributed by atoms with Gasteiger partial charge in [-0.15, -0.1) is 0 Å². The van der Waals surface area contributed by atoms with E-state index in [1.54, 1.807) is 31.2 Å². The predicted octanol–water partition coefficient (Wildman–Crippen LogP) is 2.83. The molecule has 1 aromatic heterocycles. The van der Waals surface area contributed by atoms with Crippen LogP contribution in [0.1, 0.15) is 5.56 Å². The number of carbonyl (C=O) groups is 1. The summed E-state index contributed by atoms with van der Waals surface area (Å²) >= 11 is 0. The summed E-state index contributed by atoms with van der Waals surface area (Å²) in [5, 5.41) is 15.4. The Morgan fingerprint density at radius 3 is 2.45 bits per heavy atom. The highest BCUT2D eigenvalue weighted by molar-refractivity contribution is 5.69. The van der Waals surface area contributed by atoms with Crippen LogP contribution in [-0.2, 0) is 11.3 Å². The van der Waals surface area contributed by atoms with Gasteiger partial charge in [0.15, 0.2) is 11.5 Å². The first-order chi connectivity index (χ1) is 16.0. The van der Waals surface area contributed by atoms with Gasteiger partial charge < -0.3 is 30.9 Å². The van der Waals surface area contributed by atoms with E-state index >= 15 is 0 Å². The Labute approximate surface area is 192 Å². The second-order valence-corrected chi connectivity index (χ2v) is 7.31. The number of aromatic nitrogens is 2. The molecule has 3 rings (SSSR count). The van der Waals surface area contributed by atoms with Gasteiger partial charge >= 0.3 is 5.97 Å². The molecule has 0 aliphatic carbocycles. The van der Waals surface area contributed by atoms with E-state index < -0.39 is 5.97 Å². The van der Waals surface area contributed by atoms with Gasteiger partial charge in [0.1, 0.15) is 24.6 Å². The molecule has 3 aromatic rings. The van der Waals surface area contributed by atoms with Crippen molar-refractivity contribution in [2.75, 3.05) is 44.5 Å². The molecule has 0 amide bonds. The monoisotopic (exact) mass is 452 g/mol. The maximum atomic E-state index is 10.9. The van der Waals surface area contributed by atoms with Gasteiger partial charge in [0.2, 0.25) is 0 Å². The lowest BCUT2D eigenvalue weighted by molar-refractivity contribution is -0.138. The topological polar surface area (TPSA) is 135 Å². The highest BCUT2D eigenvalue weighted by Gasteiger charge is 2.08. The first-order valence-corrected chi connectivity index (χ1v) is 10.3. The van der Waals surface area contributed by atoms with Crippen molar-refractivity contribution < 1.29 is 19.4 Å². The van der Waals surface area contributed by atoms with Crippen molar-refractivity contribution in [3.05, 3.63) is 60.4 Å². The number of ether oxygens (including phenoxy) is 2. The molecule has 0 aliphatic heterocycles. The summed E-state index contributed by atoms with van der Waals surface area (Å²) in [5.41, 5.74) is 8.13. The van der Waals surface area contributed by atoms with E-state index in [-0.39, 0.29) is 6.54 Å². The molecule has 10 nitrogen and oxygen atoms in total. The van der Waals surface area contributed by atoms with E-state index in [0.29, 0.717) is 42.8 Å². The van der Waals surface area contributed by atoms with Gasteiger partial charge in [0.25, 0.3) is 0 Å². The van der Waals surface area contributed by atoms with Crippen molar-refractivity contribution >= 4 is 29.0 Å². The summed E-state index contributed by atoms with van der Waals surface area (Å²) in [6, 6.07) is 15.0. The zero-order chi connectivity index (χ0) is 23.6. The van der Waals surface area contributed by atoms with Crippen molar-refractivity contribution in [1.29, 1.82) is 0 Å². The SMILES string of the molecule is COc1ccc(Nc2cc(Nc3cccc(CN(C)CC(=O)O)c3)ncn2)cc1OCCN. The fraction of sp³-hybridized carbons (Fsp3) is 0.261. The average molecular weight is 453 g/mol. The Balaban J connectivity index is 1.69. The van der Waals surface area contributed by atoms with Gasteiger partial charge in [-0.25, -0.2) is 9.97 Å². The maximum Gasteiger partial charge on any atom is 0.317 e. The molecular weight excluding hydrogens is 424 g/mol. The lowest BCUT2D eigenvalue weighted by Crippen LogP contribution is -2.25. The average Bonchev–Trinajstić information content (AvgIpc) is 2.77. The van der Waals surface area contributed by atoms with Crippen LogP contribution in [0.5, 0.6) is 11.5 Å². The van der Waals surface area contributed by atoms with E-state index in [9.17, 15) is 4.79 Å². The van der Waals surface area contributed by atoms with Gasteiger partial charge in [-0.3, -0.25) is 9.69 Å². The predicted molar refractivity (Wildman–Crippen MR) is 127 cm³/mol. The summed E-state index contributed by atoms with van der Waals surface area (Å²) in [5.74, 6) is 1.55. The molecule has 10 heteroatoms. The number of methoxy groups -OCH3 is 1. The number of hydrogen-bond donors (Lipinski definition) is 4. The molecule has 0 bridgehead atoms. The summed E-state index contributed by atoms with van der Waals surface area (Å²) in [6.45, 7) is 1.28. The Morgan fingerprint density at radius 2 is 1.79 bits per heavy atom. The van der Waals surface area contributed by atoms with Crippen molar-refractivity contribution in [3.8, 4) is 11.5 Å².